The molecule has 0 bridgehead atoms. The first-order chi connectivity index (χ1) is 17.0. The fourth-order valence-corrected chi connectivity index (χ4v) is 5.83. The van der Waals surface area contributed by atoms with Crippen LogP contribution in [-0.4, -0.2) is 41.8 Å². The lowest BCUT2D eigenvalue weighted by Gasteiger charge is -2.36. The smallest absolute Gasteiger partial charge is 0.407 e. The largest absolute Gasteiger partial charge is 0.481 e. The van der Waals surface area contributed by atoms with Crippen LogP contribution in [0.4, 0.5) is 4.79 Å². The molecule has 5 rings (SSSR count). The molecule has 3 aliphatic carbocycles. The minimum absolute atomic E-state index is 0.00910. The molecule has 7 nitrogen and oxygen atoms in total. The van der Waals surface area contributed by atoms with E-state index in [1.165, 1.54) is 22.3 Å². The van der Waals surface area contributed by atoms with Crippen molar-refractivity contribution in [1.29, 1.82) is 0 Å². The van der Waals surface area contributed by atoms with Crippen molar-refractivity contribution < 1.29 is 24.2 Å². The molecule has 35 heavy (non-hydrogen) atoms. The number of aliphatic carboxylic acids is 1. The van der Waals surface area contributed by atoms with E-state index >= 15 is 0 Å². The number of hydrogen-bond acceptors (Lipinski definition) is 4. The first kappa shape index (κ1) is 23.4. The van der Waals surface area contributed by atoms with Crippen molar-refractivity contribution in [2.24, 2.45) is 11.8 Å². The summed E-state index contributed by atoms with van der Waals surface area (Å²) in [7, 11) is 0. The highest BCUT2D eigenvalue weighted by Crippen LogP contribution is 2.44. The van der Waals surface area contributed by atoms with Crippen LogP contribution in [0.25, 0.3) is 11.1 Å². The van der Waals surface area contributed by atoms with Crippen LogP contribution in [0.2, 0.25) is 0 Å². The van der Waals surface area contributed by atoms with Crippen molar-refractivity contribution >= 4 is 18.0 Å². The van der Waals surface area contributed by atoms with E-state index in [2.05, 4.69) is 34.9 Å². The van der Waals surface area contributed by atoms with Gasteiger partial charge in [-0.1, -0.05) is 67.8 Å². The Hall–Kier alpha value is -3.35. The minimum Gasteiger partial charge on any atom is -0.481 e. The van der Waals surface area contributed by atoms with Crippen LogP contribution in [-0.2, 0) is 14.3 Å². The summed E-state index contributed by atoms with van der Waals surface area (Å²) in [5, 5.41) is 15.4. The zero-order valence-electron chi connectivity index (χ0n) is 19.7. The first-order valence-electron chi connectivity index (χ1n) is 12.7. The van der Waals surface area contributed by atoms with Crippen molar-refractivity contribution in [3.05, 3.63) is 59.7 Å². The number of carboxylic acids is 1. The van der Waals surface area contributed by atoms with Crippen molar-refractivity contribution in [3.8, 4) is 11.1 Å². The Kier molecular flexibility index (Phi) is 6.75. The Labute approximate surface area is 205 Å². The zero-order chi connectivity index (χ0) is 24.4. The second-order valence-electron chi connectivity index (χ2n) is 10.0. The third-order valence-electron chi connectivity index (χ3n) is 7.84. The number of fused-ring (bicyclic) bond motifs is 3. The Balaban J connectivity index is 1.10. The van der Waals surface area contributed by atoms with E-state index in [4.69, 9.17) is 4.74 Å². The Morgan fingerprint density at radius 3 is 2.14 bits per heavy atom. The van der Waals surface area contributed by atoms with Crippen LogP contribution in [0.15, 0.2) is 48.5 Å². The van der Waals surface area contributed by atoms with Crippen LogP contribution in [0.5, 0.6) is 0 Å². The SMILES string of the molecule is O=C(NC1CC(C(=O)N[C@H]2CCCCC[C@H]2C(=O)O)C1)OCC1c2ccccc2-c2ccccc21. The van der Waals surface area contributed by atoms with Crippen molar-refractivity contribution in [3.63, 3.8) is 0 Å². The molecule has 2 amide bonds. The van der Waals surface area contributed by atoms with E-state index in [9.17, 15) is 19.5 Å². The molecule has 0 heterocycles. The first-order valence-corrected chi connectivity index (χ1v) is 12.7. The third kappa shape index (κ3) is 4.90. The van der Waals surface area contributed by atoms with Gasteiger partial charge in [0.2, 0.25) is 5.91 Å². The number of alkyl carbamates (subject to hydrolysis) is 1. The second kappa shape index (κ2) is 10.1. The van der Waals surface area contributed by atoms with Crippen LogP contribution < -0.4 is 10.6 Å². The van der Waals surface area contributed by atoms with Gasteiger partial charge in [-0.25, -0.2) is 4.79 Å². The highest BCUT2D eigenvalue weighted by Gasteiger charge is 2.39. The maximum Gasteiger partial charge on any atom is 0.407 e. The van der Waals surface area contributed by atoms with Gasteiger partial charge in [0.1, 0.15) is 6.61 Å². The third-order valence-corrected chi connectivity index (χ3v) is 7.84. The summed E-state index contributed by atoms with van der Waals surface area (Å²) in [6.45, 7) is 0.259. The number of carboxylic acid groups (broad SMARTS) is 1. The lowest BCUT2D eigenvalue weighted by molar-refractivity contribution is -0.143. The van der Waals surface area contributed by atoms with Crippen LogP contribution in [0.3, 0.4) is 0 Å². The predicted octanol–water partition coefficient (Wildman–Crippen LogP) is 4.45. The molecular weight excluding hydrogens is 444 g/mol. The molecule has 2 aromatic rings. The number of hydrogen-bond donors (Lipinski definition) is 3. The summed E-state index contributed by atoms with van der Waals surface area (Å²) in [4.78, 5) is 36.8. The quantitative estimate of drug-likeness (QED) is 0.534. The topological polar surface area (TPSA) is 105 Å². The van der Waals surface area contributed by atoms with E-state index in [0.29, 0.717) is 25.7 Å². The highest BCUT2D eigenvalue weighted by atomic mass is 16.5. The van der Waals surface area contributed by atoms with Gasteiger partial charge in [-0.3, -0.25) is 9.59 Å². The van der Waals surface area contributed by atoms with Crippen molar-refractivity contribution in [2.45, 2.75) is 62.9 Å². The lowest BCUT2D eigenvalue weighted by atomic mass is 9.79. The average Bonchev–Trinajstić information content (AvgIpc) is 2.96. The van der Waals surface area contributed by atoms with Gasteiger partial charge >= 0.3 is 12.1 Å². The van der Waals surface area contributed by atoms with Crippen LogP contribution in [0.1, 0.15) is 62.0 Å². The number of rotatable bonds is 6. The van der Waals surface area contributed by atoms with Gasteiger partial charge in [-0.05, 0) is 47.9 Å². The van der Waals surface area contributed by atoms with Crippen LogP contribution >= 0.6 is 0 Å². The molecule has 2 saturated carbocycles. The molecule has 0 radical (unpaired) electrons. The number of nitrogens with one attached hydrogen (secondary N) is 2. The minimum atomic E-state index is -0.833. The number of benzene rings is 2. The van der Waals surface area contributed by atoms with E-state index in [0.717, 1.165) is 19.3 Å². The molecule has 3 N–H and O–H groups in total. The Bertz CT molecular complexity index is 1060. The molecule has 2 fully saturated rings. The fourth-order valence-electron chi connectivity index (χ4n) is 5.83. The number of carbonyl (C=O) groups is 3. The molecule has 0 saturated heterocycles. The van der Waals surface area contributed by atoms with E-state index < -0.39 is 18.0 Å². The molecule has 0 unspecified atom stereocenters. The predicted molar refractivity (Wildman–Crippen MR) is 131 cm³/mol. The van der Waals surface area contributed by atoms with Gasteiger partial charge in [-0.2, -0.15) is 0 Å². The molecule has 2 atom stereocenters. The van der Waals surface area contributed by atoms with Gasteiger partial charge in [0.25, 0.3) is 0 Å². The van der Waals surface area contributed by atoms with Crippen LogP contribution in [0, 0.1) is 11.8 Å². The number of ether oxygens (including phenoxy) is 1. The summed E-state index contributed by atoms with van der Waals surface area (Å²) in [5.41, 5.74) is 4.70. The number of amides is 2. The Morgan fingerprint density at radius 2 is 1.49 bits per heavy atom. The summed E-state index contributed by atoms with van der Waals surface area (Å²) in [6.07, 6.45) is 4.76. The second-order valence-corrected chi connectivity index (χ2v) is 10.0. The van der Waals surface area contributed by atoms with E-state index in [-0.39, 0.29) is 36.4 Å². The molecular formula is C28H32N2O5. The summed E-state index contributed by atoms with van der Waals surface area (Å²) < 4.78 is 5.60. The zero-order valence-corrected chi connectivity index (χ0v) is 19.7. The van der Waals surface area contributed by atoms with Gasteiger partial charge in [0, 0.05) is 23.9 Å². The highest BCUT2D eigenvalue weighted by molar-refractivity contribution is 5.82. The molecule has 0 spiro atoms. The van der Waals surface area contributed by atoms with Gasteiger partial charge in [0.05, 0.1) is 5.92 Å². The van der Waals surface area contributed by atoms with Gasteiger partial charge in [-0.15, -0.1) is 0 Å². The lowest BCUT2D eigenvalue weighted by Crippen LogP contribution is -2.52. The fraction of sp³-hybridized carbons (Fsp3) is 0.464. The molecule has 7 heteroatoms. The van der Waals surface area contributed by atoms with E-state index in [1.54, 1.807) is 0 Å². The summed E-state index contributed by atoms with van der Waals surface area (Å²) >= 11 is 0. The molecule has 184 valence electrons. The van der Waals surface area contributed by atoms with E-state index in [1.807, 2.05) is 24.3 Å². The van der Waals surface area contributed by atoms with Gasteiger partial charge < -0.3 is 20.5 Å². The number of carbonyl (C=O) groups excluding carboxylic acids is 2. The maximum absolute atomic E-state index is 12.7. The van der Waals surface area contributed by atoms with Crippen molar-refractivity contribution in [1.82, 2.24) is 10.6 Å². The van der Waals surface area contributed by atoms with Crippen molar-refractivity contribution in [2.75, 3.05) is 6.61 Å². The molecule has 2 aromatic carbocycles. The molecule has 0 aromatic heterocycles. The van der Waals surface area contributed by atoms with Gasteiger partial charge in [0.15, 0.2) is 0 Å². The monoisotopic (exact) mass is 476 g/mol. The molecule has 0 aliphatic heterocycles. The summed E-state index contributed by atoms with van der Waals surface area (Å²) in [6, 6.07) is 16.0. The standard InChI is InChI=1S/C28H32N2O5/c31-26(30-25-13-3-1-2-12-23(25)27(32)33)17-14-18(15-17)29-28(34)35-16-24-21-10-6-4-8-19(21)20-9-5-7-11-22(20)24/h4-11,17-18,23-25H,1-3,12-16H2,(H,29,34)(H,30,31)(H,32,33)/t17?,18?,23-,25+/m1/s1. The summed E-state index contributed by atoms with van der Waals surface area (Å²) in [5.74, 6) is -1.65. The average molecular weight is 477 g/mol. The molecule has 3 aliphatic rings. The normalized spacial score (nSPS) is 25.4. The maximum atomic E-state index is 12.7. The Morgan fingerprint density at radius 1 is 0.857 bits per heavy atom.